The van der Waals surface area contributed by atoms with Gasteiger partial charge in [-0.3, -0.25) is 14.0 Å². The van der Waals surface area contributed by atoms with E-state index < -0.39 is 21.4 Å². The van der Waals surface area contributed by atoms with Crippen molar-refractivity contribution < 1.29 is 25.8 Å². The van der Waals surface area contributed by atoms with Crippen LogP contribution in [0.4, 0.5) is 13.2 Å². The first kappa shape index (κ1) is 46.0. The lowest BCUT2D eigenvalue weighted by atomic mass is 9.94. The second kappa shape index (κ2) is 18.6. The van der Waals surface area contributed by atoms with Gasteiger partial charge in [-0.25, -0.2) is 0 Å². The number of benzene rings is 6. The largest absolute Gasteiger partial charge is 0.534 e. The van der Waals surface area contributed by atoms with Crippen molar-refractivity contribution in [3.8, 4) is 63.8 Å². The summed E-state index contributed by atoms with van der Waals surface area (Å²) in [6.07, 6.45) is 4.77. The van der Waals surface area contributed by atoms with Crippen LogP contribution in [-0.4, -0.2) is 43.3 Å². The first-order chi connectivity index (χ1) is 31.5. The molecule has 19 heteroatoms. The molecule has 0 atom stereocenters. The van der Waals surface area contributed by atoms with Crippen LogP contribution in [0.25, 0.3) is 66.1 Å². The minimum atomic E-state index is -5.85. The van der Waals surface area contributed by atoms with E-state index >= 15 is 0 Å². The normalized spacial score (nSPS) is 11.1. The summed E-state index contributed by atoms with van der Waals surface area (Å²) >= 11 is 9.66. The third-order valence-corrected chi connectivity index (χ3v) is 12.2. The second-order valence-corrected chi connectivity index (χ2v) is 16.9. The predicted molar refractivity (Wildman–Crippen MR) is 246 cm³/mol. The van der Waals surface area contributed by atoms with Gasteiger partial charge >= 0.3 is 15.6 Å². The van der Waals surface area contributed by atoms with Gasteiger partial charge in [-0.15, -0.1) is 0 Å². The van der Waals surface area contributed by atoms with E-state index in [0.717, 1.165) is 43.0 Å². The lowest BCUT2D eigenvalue weighted by molar-refractivity contribution is -0.0499. The molecule has 326 valence electrons. The molecule has 0 radical (unpaired) electrons. The fraction of sp³-hybridized carbons (Fsp3) is 0.0851. The summed E-state index contributed by atoms with van der Waals surface area (Å²) in [5.74, 6) is -0.457. The number of nitriles is 4. The number of nitrogens with zero attached hydrogens (tertiary/aromatic N) is 10. The Morgan fingerprint density at radius 3 is 1.50 bits per heavy atom. The van der Waals surface area contributed by atoms with E-state index in [2.05, 4.69) is 59.7 Å². The molecule has 0 amide bonds. The van der Waals surface area contributed by atoms with E-state index in [1.165, 1.54) is 29.1 Å². The Kier molecular flexibility index (Phi) is 13.0. The lowest BCUT2D eigenvalue weighted by Crippen LogP contribution is -2.28. The van der Waals surface area contributed by atoms with Crippen molar-refractivity contribution in [2.45, 2.75) is 5.51 Å². The maximum atomic E-state index is 12.8. The van der Waals surface area contributed by atoms with Crippen LogP contribution in [-0.2, 0) is 31.3 Å². The van der Waals surface area contributed by atoms with Crippen LogP contribution >= 0.6 is 27.5 Å². The van der Waals surface area contributed by atoms with Gasteiger partial charge in [0.15, 0.2) is 5.75 Å². The van der Waals surface area contributed by atoms with Crippen LogP contribution in [0.3, 0.4) is 0 Å². The van der Waals surface area contributed by atoms with Gasteiger partial charge in [-0.05, 0) is 46.3 Å². The molecule has 0 aliphatic rings. The Labute approximate surface area is 388 Å². The van der Waals surface area contributed by atoms with Crippen molar-refractivity contribution >= 4 is 70.0 Å². The number of halogens is 5. The standard InChI is InChI=1S/C16H9BrN4.C16H10N4.C15H10ClF3N2O3S/c1-21-16(15(17)9-20-21)13-6-10(7-18)11-4-2-3-5-12(11)14(13)8-19;1-20-16(6-7-19-20)14-8-11(9-17)12-4-2-3-5-13(12)15(14)10-18;1-21-13(6-7-20-21)11-8-12(16)9-4-2-3-5-10(9)14(11)24-25(22,23)15(17,18)19/h2-6,9H,1H3;2-8H,1H3;2-8H,1H3. The van der Waals surface area contributed by atoms with Gasteiger partial charge in [0, 0.05) is 87.6 Å². The molecule has 66 heavy (non-hydrogen) atoms. The highest BCUT2D eigenvalue weighted by Gasteiger charge is 2.49. The van der Waals surface area contributed by atoms with E-state index in [0.29, 0.717) is 38.9 Å². The van der Waals surface area contributed by atoms with Crippen molar-refractivity contribution in [1.82, 2.24) is 29.3 Å². The quantitative estimate of drug-likeness (QED) is 0.118. The van der Waals surface area contributed by atoms with Crippen molar-refractivity contribution in [2.75, 3.05) is 0 Å². The molecule has 0 spiro atoms. The number of rotatable bonds is 5. The first-order valence-electron chi connectivity index (χ1n) is 19.1. The van der Waals surface area contributed by atoms with Gasteiger partial charge in [0.05, 0.1) is 62.1 Å². The molecule has 0 N–H and O–H groups in total. The number of alkyl halides is 3. The predicted octanol–water partition coefficient (Wildman–Crippen LogP) is 10.9. The Hall–Kier alpha value is -8.00. The van der Waals surface area contributed by atoms with Crippen molar-refractivity contribution in [3.05, 3.63) is 153 Å². The molecule has 9 aromatic rings. The second-order valence-electron chi connectivity index (χ2n) is 14.1. The highest BCUT2D eigenvalue weighted by atomic mass is 79.9. The van der Waals surface area contributed by atoms with Crippen LogP contribution in [0.1, 0.15) is 22.3 Å². The molecular formula is C47H29BrClF3N10O3S. The van der Waals surface area contributed by atoms with Gasteiger partial charge in [0.2, 0.25) is 0 Å². The van der Waals surface area contributed by atoms with Crippen molar-refractivity contribution in [3.63, 3.8) is 0 Å². The summed E-state index contributed by atoms with van der Waals surface area (Å²) in [6, 6.07) is 38.2. The van der Waals surface area contributed by atoms with Gasteiger partial charge in [-0.2, -0.15) is 57.9 Å². The van der Waals surface area contributed by atoms with Gasteiger partial charge in [-0.1, -0.05) is 84.4 Å². The molecule has 0 saturated carbocycles. The maximum absolute atomic E-state index is 12.8. The summed E-state index contributed by atoms with van der Waals surface area (Å²) in [4.78, 5) is 0. The Balaban J connectivity index is 0.000000148. The fourth-order valence-electron chi connectivity index (χ4n) is 7.30. The third-order valence-electron chi connectivity index (χ3n) is 10.3. The lowest BCUT2D eigenvalue weighted by Gasteiger charge is -2.16. The van der Waals surface area contributed by atoms with Crippen LogP contribution in [0.5, 0.6) is 5.75 Å². The van der Waals surface area contributed by atoms with E-state index in [9.17, 15) is 42.6 Å². The monoisotopic (exact) mass is 984 g/mol. The molecule has 13 nitrogen and oxygen atoms in total. The molecular weight excluding hydrogens is 957 g/mol. The molecule has 3 aromatic heterocycles. The summed E-state index contributed by atoms with van der Waals surface area (Å²) < 4.78 is 71.5. The van der Waals surface area contributed by atoms with Crippen LogP contribution in [0.2, 0.25) is 5.02 Å². The molecule has 9 rings (SSSR count). The molecule has 3 heterocycles. The molecule has 0 aliphatic carbocycles. The smallest absolute Gasteiger partial charge is 0.375 e. The zero-order valence-corrected chi connectivity index (χ0v) is 37.7. The molecule has 0 fully saturated rings. The third kappa shape index (κ3) is 8.64. The van der Waals surface area contributed by atoms with Crippen molar-refractivity contribution in [1.29, 1.82) is 21.0 Å². The molecule has 0 bridgehead atoms. The Morgan fingerprint density at radius 1 is 0.606 bits per heavy atom. The van der Waals surface area contributed by atoms with Gasteiger partial charge in [0.1, 0.15) is 12.1 Å². The Morgan fingerprint density at radius 2 is 1.06 bits per heavy atom. The minimum absolute atomic E-state index is 0.0801. The van der Waals surface area contributed by atoms with E-state index in [1.807, 2.05) is 68.7 Å². The average molecular weight is 986 g/mol. The summed E-state index contributed by atoms with van der Waals surface area (Å²) in [6.45, 7) is 0. The van der Waals surface area contributed by atoms with E-state index in [1.54, 1.807) is 59.1 Å². The molecule has 0 aliphatic heterocycles. The van der Waals surface area contributed by atoms with Crippen LogP contribution in [0.15, 0.2) is 126 Å². The SMILES string of the molecule is Cn1ncc(Br)c1-c1cc(C#N)c2ccccc2c1C#N.Cn1nccc1-c1cc(C#N)c2ccccc2c1C#N.Cn1nccc1-c1cc(Cl)c2ccccc2c1OS(=O)(=O)C(F)(F)F. The fourth-order valence-corrected chi connectivity index (χ4v) is 8.63. The first-order valence-corrected chi connectivity index (χ1v) is 21.7. The highest BCUT2D eigenvalue weighted by Crippen LogP contribution is 2.43. The minimum Gasteiger partial charge on any atom is -0.375 e. The maximum Gasteiger partial charge on any atom is 0.534 e. The summed E-state index contributed by atoms with van der Waals surface area (Å²) in [7, 11) is -0.673. The number of fused-ring (bicyclic) bond motifs is 3. The molecule has 0 saturated heterocycles. The zero-order valence-electron chi connectivity index (χ0n) is 34.5. The molecule has 6 aromatic carbocycles. The van der Waals surface area contributed by atoms with Crippen LogP contribution in [0, 0.1) is 45.3 Å². The number of aromatic nitrogens is 6. The van der Waals surface area contributed by atoms with E-state index in [4.69, 9.17) is 11.6 Å². The van der Waals surface area contributed by atoms with E-state index in [-0.39, 0.29) is 16.0 Å². The highest BCUT2D eigenvalue weighted by molar-refractivity contribution is 9.10. The van der Waals surface area contributed by atoms with Crippen LogP contribution < -0.4 is 4.18 Å². The molecule has 0 unspecified atom stereocenters. The van der Waals surface area contributed by atoms with Gasteiger partial charge in [0.25, 0.3) is 0 Å². The Bertz CT molecular complexity index is 3650. The summed E-state index contributed by atoms with van der Waals surface area (Å²) in [5, 5.41) is 54.0. The number of aryl methyl sites for hydroxylation is 3. The summed E-state index contributed by atoms with van der Waals surface area (Å²) in [5.41, 5.74) is 0.162. The van der Waals surface area contributed by atoms with Crippen molar-refractivity contribution in [2.24, 2.45) is 21.1 Å². The number of hydrogen-bond acceptors (Lipinski definition) is 10. The van der Waals surface area contributed by atoms with Gasteiger partial charge < -0.3 is 4.18 Å². The average Bonchev–Trinajstić information content (AvgIpc) is 4.04. The zero-order chi connectivity index (χ0) is 47.5. The number of hydrogen-bond donors (Lipinski definition) is 0. The topological polar surface area (TPSA) is 192 Å².